The Bertz CT molecular complexity index is 571. The summed E-state index contributed by atoms with van der Waals surface area (Å²) >= 11 is 0. The minimum atomic E-state index is -0.0982. The van der Waals surface area contributed by atoms with Crippen molar-refractivity contribution in [2.45, 2.75) is 0 Å². The molecule has 1 aromatic carbocycles. The number of rotatable bonds is 2. The molecule has 2 rings (SSSR count). The van der Waals surface area contributed by atoms with Crippen LogP contribution in [0, 0.1) is 0 Å². The zero-order chi connectivity index (χ0) is 11.5. The quantitative estimate of drug-likeness (QED) is 0.362. The fourth-order valence-electron chi connectivity index (χ4n) is 1.39. The first-order chi connectivity index (χ1) is 7.66. The van der Waals surface area contributed by atoms with Crippen molar-refractivity contribution >= 4 is 35.5 Å². The normalized spacial score (nSPS) is 10.4. The monoisotopic (exact) mass is 253 g/mol. The average molecular weight is 254 g/mol. The van der Waals surface area contributed by atoms with Gasteiger partial charge in [0.1, 0.15) is 5.75 Å². The molecule has 7 heteroatoms. The molecule has 0 aliphatic rings. The number of benzene rings is 1. The minimum Gasteiger partial charge on any atom is -0.508 e. The predicted octanol–water partition coefficient (Wildman–Crippen LogP) is 0.903. The predicted molar refractivity (Wildman–Crippen MR) is 70.6 cm³/mol. The average Bonchev–Trinajstić information content (AvgIpc) is 2.60. The summed E-state index contributed by atoms with van der Waals surface area (Å²) in [5, 5.41) is 17.4. The molecule has 17 heavy (non-hydrogen) atoms. The van der Waals surface area contributed by atoms with Crippen molar-refractivity contribution in [3.05, 3.63) is 30.0 Å². The first-order valence-corrected chi connectivity index (χ1v) is 4.59. The highest BCUT2D eigenvalue weighted by atomic mass is 35.5. The zero-order valence-corrected chi connectivity index (χ0v) is 9.61. The van der Waals surface area contributed by atoms with Crippen molar-refractivity contribution in [3.63, 3.8) is 0 Å². The summed E-state index contributed by atoms with van der Waals surface area (Å²) in [6.45, 7) is 0. The Morgan fingerprint density at radius 3 is 2.82 bits per heavy atom. The lowest BCUT2D eigenvalue weighted by atomic mass is 10.2. The molecule has 0 amide bonds. The highest BCUT2D eigenvalue weighted by molar-refractivity contribution is 5.99. The third-order valence-electron chi connectivity index (χ3n) is 2.07. The standard InChI is InChI=1S/C10H11N5O.ClH/c11-10(12)15-14-5-6-4-13-9-2-1-7(16)3-8(6)9;/h1-5,13,16H,(H4,11,12,15);1H/b14-5+;. The second kappa shape index (κ2) is 5.22. The van der Waals surface area contributed by atoms with Gasteiger partial charge in [0.25, 0.3) is 0 Å². The minimum absolute atomic E-state index is 0. The van der Waals surface area contributed by atoms with Gasteiger partial charge in [0, 0.05) is 22.7 Å². The van der Waals surface area contributed by atoms with Crippen LogP contribution >= 0.6 is 12.4 Å². The number of H-pyrrole nitrogens is 1. The molecule has 0 spiro atoms. The molecule has 0 saturated heterocycles. The molecular formula is C10H12ClN5O. The van der Waals surface area contributed by atoms with Gasteiger partial charge in [0.15, 0.2) is 0 Å². The van der Waals surface area contributed by atoms with Gasteiger partial charge in [-0.3, -0.25) is 0 Å². The second-order valence-corrected chi connectivity index (χ2v) is 3.24. The van der Waals surface area contributed by atoms with E-state index in [2.05, 4.69) is 15.2 Å². The van der Waals surface area contributed by atoms with Crippen LogP contribution in [0.2, 0.25) is 0 Å². The van der Waals surface area contributed by atoms with Crippen LogP contribution in [0.4, 0.5) is 0 Å². The highest BCUT2D eigenvalue weighted by Gasteiger charge is 2.01. The van der Waals surface area contributed by atoms with Crippen LogP contribution in [0.25, 0.3) is 10.9 Å². The van der Waals surface area contributed by atoms with Crippen LogP contribution in [0.3, 0.4) is 0 Å². The molecule has 0 unspecified atom stereocenters. The number of nitrogens with one attached hydrogen (secondary N) is 1. The van der Waals surface area contributed by atoms with E-state index in [9.17, 15) is 5.11 Å². The van der Waals surface area contributed by atoms with Crippen LogP contribution in [-0.4, -0.2) is 22.3 Å². The van der Waals surface area contributed by atoms with Gasteiger partial charge in [-0.25, -0.2) is 0 Å². The number of guanidine groups is 1. The van der Waals surface area contributed by atoms with Crippen molar-refractivity contribution in [1.82, 2.24) is 4.98 Å². The number of aromatic nitrogens is 1. The van der Waals surface area contributed by atoms with Crippen LogP contribution in [0.5, 0.6) is 5.75 Å². The highest BCUT2D eigenvalue weighted by Crippen LogP contribution is 2.21. The van der Waals surface area contributed by atoms with Gasteiger partial charge in [-0.15, -0.1) is 17.5 Å². The molecule has 0 bridgehead atoms. The number of fused-ring (bicyclic) bond motifs is 1. The third kappa shape index (κ3) is 2.88. The summed E-state index contributed by atoms with van der Waals surface area (Å²) in [6, 6.07) is 5.03. The van der Waals surface area contributed by atoms with E-state index in [4.69, 9.17) is 11.5 Å². The van der Waals surface area contributed by atoms with Crippen molar-refractivity contribution in [1.29, 1.82) is 0 Å². The number of phenolic OH excluding ortho intramolecular Hbond substituents is 1. The van der Waals surface area contributed by atoms with Gasteiger partial charge in [-0.2, -0.15) is 5.10 Å². The maximum atomic E-state index is 9.36. The lowest BCUT2D eigenvalue weighted by Gasteiger charge is -1.93. The van der Waals surface area contributed by atoms with Crippen LogP contribution in [-0.2, 0) is 0 Å². The number of aromatic amines is 1. The molecule has 0 atom stereocenters. The second-order valence-electron chi connectivity index (χ2n) is 3.24. The Balaban J connectivity index is 0.00000144. The van der Waals surface area contributed by atoms with Crippen molar-refractivity contribution in [2.24, 2.45) is 21.7 Å². The van der Waals surface area contributed by atoms with E-state index in [1.807, 2.05) is 0 Å². The fourth-order valence-corrected chi connectivity index (χ4v) is 1.39. The van der Waals surface area contributed by atoms with Gasteiger partial charge >= 0.3 is 0 Å². The Morgan fingerprint density at radius 1 is 1.35 bits per heavy atom. The van der Waals surface area contributed by atoms with Crippen LogP contribution in [0.15, 0.2) is 34.6 Å². The summed E-state index contributed by atoms with van der Waals surface area (Å²) in [5.74, 6) is 0.0996. The molecule has 1 aromatic heterocycles. The number of hydrogen-bond acceptors (Lipinski definition) is 3. The topological polar surface area (TPSA) is 113 Å². The number of nitrogens with zero attached hydrogens (tertiary/aromatic N) is 2. The van der Waals surface area contributed by atoms with E-state index in [0.717, 1.165) is 16.5 Å². The van der Waals surface area contributed by atoms with Gasteiger partial charge in [0.2, 0.25) is 5.96 Å². The Morgan fingerprint density at radius 2 is 2.12 bits per heavy atom. The smallest absolute Gasteiger partial charge is 0.211 e. The molecule has 0 aliphatic heterocycles. The number of phenols is 1. The van der Waals surface area contributed by atoms with E-state index in [1.54, 1.807) is 24.4 Å². The van der Waals surface area contributed by atoms with Crippen molar-refractivity contribution in [2.75, 3.05) is 0 Å². The van der Waals surface area contributed by atoms with Gasteiger partial charge in [-0.05, 0) is 18.2 Å². The number of halogens is 1. The van der Waals surface area contributed by atoms with E-state index >= 15 is 0 Å². The molecule has 6 nitrogen and oxygen atoms in total. The molecule has 90 valence electrons. The number of hydrogen-bond donors (Lipinski definition) is 4. The maximum absolute atomic E-state index is 9.36. The summed E-state index contributed by atoms with van der Waals surface area (Å²) in [7, 11) is 0. The van der Waals surface area contributed by atoms with E-state index in [0.29, 0.717) is 0 Å². The van der Waals surface area contributed by atoms with Crippen LogP contribution in [0.1, 0.15) is 5.56 Å². The molecule has 0 aliphatic carbocycles. The third-order valence-corrected chi connectivity index (χ3v) is 2.07. The molecule has 1 heterocycles. The van der Waals surface area contributed by atoms with Crippen LogP contribution < -0.4 is 11.5 Å². The zero-order valence-electron chi connectivity index (χ0n) is 8.79. The number of nitrogens with two attached hydrogens (primary N) is 2. The Kier molecular flexibility index (Phi) is 3.95. The van der Waals surface area contributed by atoms with Crippen molar-refractivity contribution < 1.29 is 5.11 Å². The molecule has 6 N–H and O–H groups in total. The van der Waals surface area contributed by atoms with E-state index in [1.165, 1.54) is 6.21 Å². The lowest BCUT2D eigenvalue weighted by Crippen LogP contribution is -2.21. The maximum Gasteiger partial charge on any atom is 0.211 e. The summed E-state index contributed by atoms with van der Waals surface area (Å²) in [5.41, 5.74) is 12.0. The molecule has 2 aromatic rings. The molecule has 0 radical (unpaired) electrons. The largest absolute Gasteiger partial charge is 0.508 e. The van der Waals surface area contributed by atoms with E-state index < -0.39 is 0 Å². The van der Waals surface area contributed by atoms with Crippen molar-refractivity contribution in [3.8, 4) is 5.75 Å². The first-order valence-electron chi connectivity index (χ1n) is 4.59. The van der Waals surface area contributed by atoms with E-state index in [-0.39, 0.29) is 24.1 Å². The summed E-state index contributed by atoms with van der Waals surface area (Å²) in [6.07, 6.45) is 3.27. The summed E-state index contributed by atoms with van der Waals surface area (Å²) < 4.78 is 0. The van der Waals surface area contributed by atoms with Gasteiger partial charge < -0.3 is 21.6 Å². The van der Waals surface area contributed by atoms with Gasteiger partial charge in [0.05, 0.1) is 6.21 Å². The molecule has 0 saturated carbocycles. The number of aromatic hydroxyl groups is 1. The fraction of sp³-hybridized carbons (Fsp3) is 0. The SMILES string of the molecule is Cl.NC(N)=N/N=C/c1c[nH]c2ccc(O)cc12. The first kappa shape index (κ1) is 12.9. The lowest BCUT2D eigenvalue weighted by molar-refractivity contribution is 0.476. The Hall–Kier alpha value is -2.21. The molecule has 0 fully saturated rings. The molecular weight excluding hydrogens is 242 g/mol. The van der Waals surface area contributed by atoms with Gasteiger partial charge in [-0.1, -0.05) is 0 Å². The summed E-state index contributed by atoms with van der Waals surface area (Å²) in [4.78, 5) is 3.04. The Labute approximate surface area is 103 Å².